The number of hydrogen-bond donors (Lipinski definition) is 0. The Labute approximate surface area is 202 Å². The van der Waals surface area contributed by atoms with Gasteiger partial charge in [-0.1, -0.05) is 11.6 Å². The van der Waals surface area contributed by atoms with E-state index in [2.05, 4.69) is 10.2 Å². The summed E-state index contributed by atoms with van der Waals surface area (Å²) in [5.41, 5.74) is 0.336. The van der Waals surface area contributed by atoms with E-state index in [0.29, 0.717) is 30.5 Å². The van der Waals surface area contributed by atoms with Gasteiger partial charge in [-0.05, 0) is 45.0 Å². The third-order valence-corrected chi connectivity index (χ3v) is 4.96. The van der Waals surface area contributed by atoms with Crippen LogP contribution in [0.3, 0.4) is 0 Å². The van der Waals surface area contributed by atoms with E-state index in [1.165, 1.54) is 27.2 Å². The number of benzene rings is 2. The summed E-state index contributed by atoms with van der Waals surface area (Å²) < 4.78 is 22.3. The zero-order valence-electron chi connectivity index (χ0n) is 18.9. The minimum Gasteiger partial charge on any atom is -0.497 e. The smallest absolute Gasteiger partial charge is 0.276 e. The van der Waals surface area contributed by atoms with Gasteiger partial charge in [0.1, 0.15) is 17.2 Å². The molecule has 0 heterocycles. The van der Waals surface area contributed by atoms with E-state index in [1.807, 2.05) is 0 Å². The van der Waals surface area contributed by atoms with E-state index < -0.39 is 17.7 Å². The predicted molar refractivity (Wildman–Crippen MR) is 126 cm³/mol. The number of azo groups is 1. The van der Waals surface area contributed by atoms with Crippen molar-refractivity contribution in [2.75, 3.05) is 31.9 Å². The summed E-state index contributed by atoms with van der Waals surface area (Å²) in [6.45, 7) is 5.43. The standard InChI is InChI=1S/C22H25Cl2N3O6/c1-6-32-18-11-9-15(23)21(33-7-2)20(18)26-25-19(13(3)28)22(29)27(24)16-12-14(30-4)8-10-17(16)31-5/h8-12,19H,6-7H2,1-5H3. The number of anilines is 1. The number of ketones is 1. The lowest BCUT2D eigenvalue weighted by atomic mass is 10.2. The second-order valence-electron chi connectivity index (χ2n) is 6.47. The highest BCUT2D eigenvalue weighted by atomic mass is 35.5. The summed E-state index contributed by atoms with van der Waals surface area (Å²) >= 11 is 12.5. The first-order valence-electron chi connectivity index (χ1n) is 10.00. The molecule has 0 saturated carbocycles. The SMILES string of the molecule is CCOc1ccc(Cl)c(OCC)c1N=NC(C(C)=O)C(=O)N(Cl)c1cc(OC)ccc1OC. The lowest BCUT2D eigenvalue weighted by molar-refractivity contribution is -0.126. The van der Waals surface area contributed by atoms with Gasteiger partial charge in [-0.2, -0.15) is 5.11 Å². The van der Waals surface area contributed by atoms with Crippen LogP contribution in [0, 0.1) is 0 Å². The van der Waals surface area contributed by atoms with Crippen molar-refractivity contribution in [2.45, 2.75) is 26.8 Å². The molecule has 2 aromatic carbocycles. The Balaban J connectivity index is 2.48. The molecule has 1 atom stereocenters. The first-order valence-corrected chi connectivity index (χ1v) is 10.7. The molecule has 0 aromatic heterocycles. The summed E-state index contributed by atoms with van der Waals surface area (Å²) in [6, 6.07) is 6.37. The number of carbonyl (C=O) groups excluding carboxylic acids is 2. The van der Waals surface area contributed by atoms with Gasteiger partial charge in [0.2, 0.25) is 6.04 Å². The van der Waals surface area contributed by atoms with Gasteiger partial charge in [-0.15, -0.1) is 5.11 Å². The zero-order valence-corrected chi connectivity index (χ0v) is 20.4. The number of hydrogen-bond acceptors (Lipinski definition) is 8. The molecule has 11 heteroatoms. The molecule has 0 spiro atoms. The van der Waals surface area contributed by atoms with Gasteiger partial charge < -0.3 is 18.9 Å². The molecule has 2 aromatic rings. The van der Waals surface area contributed by atoms with Crippen molar-refractivity contribution in [3.63, 3.8) is 0 Å². The lowest BCUT2D eigenvalue weighted by Crippen LogP contribution is -2.36. The van der Waals surface area contributed by atoms with Crippen molar-refractivity contribution in [3.05, 3.63) is 35.4 Å². The van der Waals surface area contributed by atoms with Gasteiger partial charge >= 0.3 is 0 Å². The summed E-state index contributed by atoms with van der Waals surface area (Å²) in [5.74, 6) is -0.120. The Morgan fingerprint density at radius 1 is 1.03 bits per heavy atom. The van der Waals surface area contributed by atoms with Gasteiger partial charge in [0.05, 0.1) is 32.5 Å². The Morgan fingerprint density at radius 3 is 2.27 bits per heavy atom. The van der Waals surface area contributed by atoms with Gasteiger partial charge in [-0.25, -0.2) is 4.42 Å². The molecule has 0 bridgehead atoms. The van der Waals surface area contributed by atoms with Crippen LogP contribution < -0.4 is 23.4 Å². The molecule has 0 N–H and O–H groups in total. The van der Waals surface area contributed by atoms with Crippen LogP contribution in [0.5, 0.6) is 23.0 Å². The molecule has 1 unspecified atom stereocenters. The Kier molecular flexibility index (Phi) is 9.74. The van der Waals surface area contributed by atoms with Crippen LogP contribution in [0.4, 0.5) is 11.4 Å². The number of halogens is 2. The number of nitrogens with zero attached hydrogens (tertiary/aromatic N) is 3. The van der Waals surface area contributed by atoms with Crippen molar-refractivity contribution < 1.29 is 28.5 Å². The van der Waals surface area contributed by atoms with Crippen molar-refractivity contribution in [2.24, 2.45) is 10.2 Å². The number of ether oxygens (including phenoxy) is 4. The molecule has 2 rings (SSSR count). The van der Waals surface area contributed by atoms with Gasteiger partial charge in [0, 0.05) is 17.8 Å². The summed E-state index contributed by atoms with van der Waals surface area (Å²) in [7, 11) is 2.89. The van der Waals surface area contributed by atoms with Crippen LogP contribution >= 0.6 is 23.4 Å². The molecular weight excluding hydrogens is 473 g/mol. The van der Waals surface area contributed by atoms with E-state index >= 15 is 0 Å². The van der Waals surface area contributed by atoms with Crippen LogP contribution in [0.15, 0.2) is 40.6 Å². The first-order chi connectivity index (χ1) is 15.8. The van der Waals surface area contributed by atoms with Crippen molar-refractivity contribution >= 4 is 46.4 Å². The van der Waals surface area contributed by atoms with Crippen molar-refractivity contribution in [1.82, 2.24) is 0 Å². The average molecular weight is 498 g/mol. The van der Waals surface area contributed by atoms with E-state index in [9.17, 15) is 9.59 Å². The highest BCUT2D eigenvalue weighted by molar-refractivity contribution is 6.39. The van der Waals surface area contributed by atoms with Crippen molar-refractivity contribution in [3.8, 4) is 23.0 Å². The Morgan fingerprint density at radius 2 is 1.70 bits per heavy atom. The third-order valence-electron chi connectivity index (χ3n) is 4.32. The van der Waals surface area contributed by atoms with Gasteiger partial charge in [-0.3, -0.25) is 9.59 Å². The monoisotopic (exact) mass is 497 g/mol. The molecule has 0 fully saturated rings. The summed E-state index contributed by atoms with van der Waals surface area (Å²) in [5, 5.41) is 8.36. The third kappa shape index (κ3) is 6.27. The van der Waals surface area contributed by atoms with Crippen LogP contribution in [-0.4, -0.2) is 45.2 Å². The molecule has 178 valence electrons. The molecule has 1 amide bonds. The molecule has 33 heavy (non-hydrogen) atoms. The Hall–Kier alpha value is -3.04. The quantitative estimate of drug-likeness (QED) is 0.234. The minimum atomic E-state index is -1.54. The summed E-state index contributed by atoms with van der Waals surface area (Å²) in [4.78, 5) is 25.4. The zero-order chi connectivity index (χ0) is 24.5. The molecule has 0 saturated heterocycles. The molecular formula is C22H25Cl2N3O6. The Bertz CT molecular complexity index is 1030. The van der Waals surface area contributed by atoms with Gasteiger partial charge in [0.15, 0.2) is 23.0 Å². The van der Waals surface area contributed by atoms with Gasteiger partial charge in [0.25, 0.3) is 5.91 Å². The van der Waals surface area contributed by atoms with Crippen LogP contribution in [0.25, 0.3) is 0 Å². The average Bonchev–Trinajstić information content (AvgIpc) is 2.81. The molecule has 0 radical (unpaired) electrons. The van der Waals surface area contributed by atoms with Crippen LogP contribution in [0.2, 0.25) is 5.02 Å². The maximum atomic E-state index is 13.1. The highest BCUT2D eigenvalue weighted by Gasteiger charge is 2.31. The molecule has 0 aliphatic carbocycles. The van der Waals surface area contributed by atoms with E-state index in [-0.39, 0.29) is 22.1 Å². The molecule has 9 nitrogen and oxygen atoms in total. The number of amides is 1. The van der Waals surface area contributed by atoms with Crippen molar-refractivity contribution in [1.29, 1.82) is 0 Å². The van der Waals surface area contributed by atoms with Crippen LogP contribution in [0.1, 0.15) is 20.8 Å². The van der Waals surface area contributed by atoms with E-state index in [4.69, 9.17) is 42.3 Å². The fourth-order valence-corrected chi connectivity index (χ4v) is 3.20. The molecule has 0 aliphatic heterocycles. The van der Waals surface area contributed by atoms with E-state index in [0.717, 1.165) is 4.42 Å². The summed E-state index contributed by atoms with van der Waals surface area (Å²) in [6.07, 6.45) is 0. The number of rotatable bonds is 11. The second kappa shape index (κ2) is 12.3. The predicted octanol–water partition coefficient (Wildman–Crippen LogP) is 5.38. The first kappa shape index (κ1) is 26.2. The number of methoxy groups -OCH3 is 2. The second-order valence-corrected chi connectivity index (χ2v) is 7.22. The number of Topliss-reactive ketones (excluding diaryl/α,β-unsaturated/α-hetero) is 1. The number of carbonyl (C=O) groups is 2. The largest absolute Gasteiger partial charge is 0.497 e. The van der Waals surface area contributed by atoms with Crippen LogP contribution in [-0.2, 0) is 9.59 Å². The lowest BCUT2D eigenvalue weighted by Gasteiger charge is -2.20. The topological polar surface area (TPSA) is 99.0 Å². The highest BCUT2D eigenvalue weighted by Crippen LogP contribution is 2.43. The fraction of sp³-hybridized carbons (Fsp3) is 0.364. The normalized spacial score (nSPS) is 11.7. The van der Waals surface area contributed by atoms with E-state index in [1.54, 1.807) is 38.1 Å². The fourth-order valence-electron chi connectivity index (χ4n) is 2.77. The minimum absolute atomic E-state index is 0.158. The maximum Gasteiger partial charge on any atom is 0.276 e. The molecule has 0 aliphatic rings. The maximum absolute atomic E-state index is 13.1.